The van der Waals surface area contributed by atoms with Crippen molar-refractivity contribution in [3.8, 4) is 23.0 Å². The standard InChI is InChI=1S/C18H17NO4.C11H13NO2.C7H6O3.C6H5I.C5H9NO2.C5H13N.CH3PS/c20-11-15-16(21)7-4-8-17(15)23-12-14-9-10-18(22)19(14)13-5-2-1-3-6-13;13-8-10-6-7-11(14)12(10)9-4-2-1-3-5-9;8-4-5-6(9)2-1-3-7(5)10;7-6-4-2-1-3-5-6;7-3-4-1-2-5(8)6-4;1-3-4-5-6-2;1-2-3/h1-8,11,14,21H,9-10,12H2;1-5,10,13H,6-8H2;1-4,9-10H;1-5H;4,7H,1-3H2,(H,6,8);6H,3-5H2,1-2H3;1H3/t14-;10-;;;4-;;/m00..0../s1. The van der Waals surface area contributed by atoms with Crippen LogP contribution in [0.25, 0.3) is 0 Å². The highest BCUT2D eigenvalue weighted by Gasteiger charge is 2.33. The quantitative estimate of drug-likeness (QED) is 0.0270. The fraction of sp³-hybridized carbons (Fsp3) is 0.340. The van der Waals surface area contributed by atoms with Gasteiger partial charge in [-0.05, 0) is 137 Å². The van der Waals surface area contributed by atoms with Crippen molar-refractivity contribution in [3.63, 3.8) is 0 Å². The summed E-state index contributed by atoms with van der Waals surface area (Å²) >= 11 is 6.65. The number of ether oxygens (including phenoxy) is 1. The number of aliphatic hydroxyl groups is 2. The van der Waals surface area contributed by atoms with Gasteiger partial charge in [0.2, 0.25) is 17.7 Å². The highest BCUT2D eigenvalue weighted by atomic mass is 127. The Labute approximate surface area is 437 Å². The van der Waals surface area contributed by atoms with Gasteiger partial charge < -0.3 is 50.7 Å². The number of aliphatic hydroxyl groups excluding tert-OH is 2. The van der Waals surface area contributed by atoms with Crippen LogP contribution in [-0.2, 0) is 26.2 Å². The number of rotatable bonds is 12. The first-order valence-electron chi connectivity index (χ1n) is 23.0. The molecule has 3 aliphatic rings. The number of carbonyl (C=O) groups excluding carboxylic acids is 5. The molecule has 3 atom stereocenters. The number of nitrogens with one attached hydrogen (secondary N) is 2. The van der Waals surface area contributed by atoms with Crippen molar-refractivity contribution in [3.05, 3.63) is 142 Å². The van der Waals surface area contributed by atoms with Crippen molar-refractivity contribution in [1.82, 2.24) is 10.6 Å². The average molecular weight is 1130 g/mol. The van der Waals surface area contributed by atoms with Gasteiger partial charge in [-0.2, -0.15) is 0 Å². The first-order chi connectivity index (χ1) is 34.3. The molecule has 5 aromatic carbocycles. The van der Waals surface area contributed by atoms with Gasteiger partial charge in [0.05, 0.1) is 42.5 Å². The smallest absolute Gasteiger partial charge is 0.227 e. The summed E-state index contributed by atoms with van der Waals surface area (Å²) in [5, 5.41) is 50.8. The Balaban J connectivity index is 0.000000310. The first-order valence-corrected chi connectivity index (χ1v) is 26.5. The zero-order valence-corrected chi connectivity index (χ0v) is 44.2. The molecule has 0 unspecified atom stereocenters. The molecule has 71 heavy (non-hydrogen) atoms. The van der Waals surface area contributed by atoms with E-state index >= 15 is 0 Å². The lowest BCUT2D eigenvalue weighted by atomic mass is 10.2. The SMILES string of the molecule is CCCCNC.CP=S.Ic1ccccc1.O=C1CC[C@@H](CO)N1.O=C1CC[C@@H](CO)N1c1ccccc1.O=Cc1c(O)cccc1O.O=Cc1c(O)cccc1OC[C@@H]1CCC(=O)N1c1ccccc1. The van der Waals surface area contributed by atoms with Gasteiger partial charge in [0.25, 0.3) is 0 Å². The van der Waals surface area contributed by atoms with Crippen LogP contribution < -0.4 is 25.2 Å². The molecular formula is C53H66IN4O11PS. The van der Waals surface area contributed by atoms with Crippen LogP contribution >= 0.6 is 29.9 Å². The number of phenolic OH excluding ortho intramolecular Hbond substituents is 3. The molecule has 0 bridgehead atoms. The van der Waals surface area contributed by atoms with Crippen molar-refractivity contribution in [2.45, 2.75) is 76.4 Å². The molecule has 8 rings (SSSR count). The minimum absolute atomic E-state index is 0.0301. The number of hydrogen-bond acceptors (Lipinski definition) is 13. The molecule has 18 heteroatoms. The maximum atomic E-state index is 12.1. The van der Waals surface area contributed by atoms with Crippen molar-refractivity contribution < 1.29 is 54.2 Å². The maximum absolute atomic E-state index is 12.1. The topological polar surface area (TPSA) is 226 Å². The summed E-state index contributed by atoms with van der Waals surface area (Å²) in [6, 6.07) is 37.9. The number of halogens is 1. The Hall–Kier alpha value is -5.82. The van der Waals surface area contributed by atoms with Crippen LogP contribution in [0.4, 0.5) is 11.4 Å². The first kappa shape index (κ1) is 61.3. The molecule has 3 saturated heterocycles. The summed E-state index contributed by atoms with van der Waals surface area (Å²) in [4.78, 5) is 58.7. The molecule has 7 N–H and O–H groups in total. The van der Waals surface area contributed by atoms with Gasteiger partial charge in [0, 0.05) is 34.2 Å². The Morgan fingerprint density at radius 2 is 1.15 bits per heavy atom. The number of carbonyl (C=O) groups is 5. The Morgan fingerprint density at radius 3 is 1.52 bits per heavy atom. The molecule has 3 heterocycles. The monoisotopic (exact) mass is 1120 g/mol. The predicted octanol–water partition coefficient (Wildman–Crippen LogP) is 8.44. The number of aromatic hydroxyl groups is 3. The van der Waals surface area contributed by atoms with Gasteiger partial charge in [0.1, 0.15) is 29.6 Å². The maximum Gasteiger partial charge on any atom is 0.227 e. The zero-order valence-electron chi connectivity index (χ0n) is 40.3. The molecule has 3 fully saturated rings. The number of nitrogens with zero attached hydrogens (tertiary/aromatic N) is 2. The number of para-hydroxylation sites is 2. The van der Waals surface area contributed by atoms with Gasteiger partial charge in [-0.1, -0.05) is 91.9 Å². The van der Waals surface area contributed by atoms with E-state index in [2.05, 4.69) is 64.1 Å². The second-order valence-electron chi connectivity index (χ2n) is 15.6. The lowest BCUT2D eigenvalue weighted by molar-refractivity contribution is -0.119. The summed E-state index contributed by atoms with van der Waals surface area (Å²) in [6.07, 6.45) is 7.40. The third-order valence-corrected chi connectivity index (χ3v) is 11.2. The molecule has 3 amide bonds. The van der Waals surface area contributed by atoms with E-state index in [0.717, 1.165) is 38.1 Å². The highest BCUT2D eigenvalue weighted by Crippen LogP contribution is 2.30. The minimum Gasteiger partial charge on any atom is -0.507 e. The van der Waals surface area contributed by atoms with Crippen molar-refractivity contribution in [2.24, 2.45) is 0 Å². The third kappa shape index (κ3) is 22.4. The molecule has 5 aromatic rings. The summed E-state index contributed by atoms with van der Waals surface area (Å²) < 4.78 is 7.00. The lowest BCUT2D eigenvalue weighted by Crippen LogP contribution is -2.37. The van der Waals surface area contributed by atoms with E-state index in [1.54, 1.807) is 21.9 Å². The number of aldehydes is 2. The van der Waals surface area contributed by atoms with Crippen molar-refractivity contribution >= 4 is 83.4 Å². The summed E-state index contributed by atoms with van der Waals surface area (Å²) in [6.45, 7) is 5.65. The van der Waals surface area contributed by atoms with E-state index in [4.69, 9.17) is 25.2 Å². The van der Waals surface area contributed by atoms with E-state index in [0.29, 0.717) is 44.0 Å². The van der Waals surface area contributed by atoms with Crippen molar-refractivity contribution in [1.29, 1.82) is 0 Å². The van der Waals surface area contributed by atoms with Crippen LogP contribution in [-0.4, -0.2) is 114 Å². The van der Waals surface area contributed by atoms with Crippen LogP contribution in [0.5, 0.6) is 23.0 Å². The molecule has 0 spiro atoms. The van der Waals surface area contributed by atoms with E-state index < -0.39 is 0 Å². The predicted molar refractivity (Wildman–Crippen MR) is 292 cm³/mol. The summed E-state index contributed by atoms with van der Waals surface area (Å²) in [5.41, 5.74) is 1.79. The van der Waals surface area contributed by atoms with Crippen LogP contribution in [0.3, 0.4) is 0 Å². The Bertz CT molecular complexity index is 2310. The molecule has 0 saturated carbocycles. The average Bonchev–Trinajstić information content (AvgIpc) is 4.11. The molecule has 0 aliphatic carbocycles. The van der Waals surface area contributed by atoms with Gasteiger partial charge in [-0.3, -0.25) is 24.0 Å². The van der Waals surface area contributed by atoms with Gasteiger partial charge in [0.15, 0.2) is 12.6 Å². The fourth-order valence-corrected chi connectivity index (χ4v) is 7.33. The fourth-order valence-electron chi connectivity index (χ4n) is 6.91. The highest BCUT2D eigenvalue weighted by molar-refractivity contribution is 14.1. The Morgan fingerprint density at radius 1 is 0.690 bits per heavy atom. The van der Waals surface area contributed by atoms with Crippen LogP contribution in [0.2, 0.25) is 0 Å². The Kier molecular flexibility index (Phi) is 31.2. The van der Waals surface area contributed by atoms with Crippen molar-refractivity contribution in [2.75, 3.05) is 49.9 Å². The molecule has 382 valence electrons. The number of amides is 3. The zero-order chi connectivity index (χ0) is 52.4. The van der Waals surface area contributed by atoms with E-state index in [-0.39, 0.29) is 84.0 Å². The van der Waals surface area contributed by atoms with Gasteiger partial charge >= 0.3 is 0 Å². The van der Waals surface area contributed by atoms with Gasteiger partial charge in [-0.15, -0.1) is 0 Å². The normalized spacial score (nSPS) is 16.3. The second kappa shape index (κ2) is 36.2. The largest absolute Gasteiger partial charge is 0.507 e. The summed E-state index contributed by atoms with van der Waals surface area (Å²) in [7, 11) is 2.98. The second-order valence-corrected chi connectivity index (χ2v) is 18.3. The number of anilines is 2. The van der Waals surface area contributed by atoms with E-state index in [1.165, 1.54) is 40.7 Å². The van der Waals surface area contributed by atoms with Crippen LogP contribution in [0, 0.1) is 3.57 Å². The number of hydrogen-bond donors (Lipinski definition) is 7. The molecular weight excluding hydrogens is 1060 g/mol. The van der Waals surface area contributed by atoms with E-state index in [1.807, 2.05) is 92.6 Å². The molecule has 3 aliphatic heterocycles. The number of phenols is 3. The molecule has 0 radical (unpaired) electrons. The molecule has 15 nitrogen and oxygen atoms in total. The molecule has 0 aromatic heterocycles. The number of unbranched alkanes of at least 4 members (excludes halogenated alkanes) is 1. The van der Waals surface area contributed by atoms with Crippen LogP contribution in [0.15, 0.2) is 127 Å². The van der Waals surface area contributed by atoms with Crippen LogP contribution in [0.1, 0.15) is 79.0 Å². The number of benzene rings is 5. The summed E-state index contributed by atoms with van der Waals surface area (Å²) in [5.74, 6) is 0.0490. The lowest BCUT2D eigenvalue weighted by Gasteiger charge is -2.25. The third-order valence-electron chi connectivity index (χ3n) is 10.5. The van der Waals surface area contributed by atoms with Gasteiger partial charge in [-0.25, -0.2) is 0 Å². The minimum atomic E-state index is -0.199. The van der Waals surface area contributed by atoms with E-state index in [9.17, 15) is 29.1 Å².